The van der Waals surface area contributed by atoms with Gasteiger partial charge in [-0.25, -0.2) is 9.59 Å². The van der Waals surface area contributed by atoms with E-state index in [0.29, 0.717) is 6.42 Å². The van der Waals surface area contributed by atoms with E-state index in [2.05, 4.69) is 0 Å². The van der Waals surface area contributed by atoms with Crippen molar-refractivity contribution in [3.8, 4) is 0 Å². The highest BCUT2D eigenvalue weighted by molar-refractivity contribution is 6.35. The Balaban J connectivity index is 3.17. The molecule has 0 fully saturated rings. The van der Waals surface area contributed by atoms with Gasteiger partial charge < -0.3 is 9.84 Å². The fourth-order valence-corrected chi connectivity index (χ4v) is 2.41. The van der Waals surface area contributed by atoms with Crippen LogP contribution in [0.1, 0.15) is 66.8 Å². The zero-order valence-electron chi connectivity index (χ0n) is 13.5. The molecule has 0 unspecified atom stereocenters. The monoisotopic (exact) mass is 326 g/mol. The molecule has 0 bridgehead atoms. The maximum atomic E-state index is 12.0. The predicted molar refractivity (Wildman–Crippen MR) is 86.8 cm³/mol. The number of rotatable bonds is 6. The smallest absolute Gasteiger partial charge is 0.339 e. The van der Waals surface area contributed by atoms with Gasteiger partial charge in [0.25, 0.3) is 0 Å². The maximum Gasteiger partial charge on any atom is 0.339 e. The zero-order valence-corrected chi connectivity index (χ0v) is 14.3. The molecule has 0 saturated heterocycles. The average Bonchev–Trinajstić information content (AvgIpc) is 2.39. The molecular weight excluding hydrogens is 304 g/mol. The lowest BCUT2D eigenvalue weighted by Crippen LogP contribution is -2.16. The number of carboxylic acids is 1. The number of esters is 1. The molecule has 0 aliphatic carbocycles. The van der Waals surface area contributed by atoms with Crippen LogP contribution in [0, 0.1) is 5.41 Å². The lowest BCUT2D eigenvalue weighted by Gasteiger charge is -2.20. The molecule has 0 saturated carbocycles. The van der Waals surface area contributed by atoms with E-state index >= 15 is 0 Å². The number of carboxylic acid groups (broad SMARTS) is 1. The summed E-state index contributed by atoms with van der Waals surface area (Å²) in [6.07, 6.45) is 2.26. The Labute approximate surface area is 136 Å². The number of hydrogen-bond acceptors (Lipinski definition) is 3. The summed E-state index contributed by atoms with van der Waals surface area (Å²) in [5.41, 5.74) is 0.510. The third-order valence-electron chi connectivity index (χ3n) is 3.11. The molecule has 1 aromatic rings. The van der Waals surface area contributed by atoms with Gasteiger partial charge in [-0.1, -0.05) is 51.8 Å². The van der Waals surface area contributed by atoms with Crippen LogP contribution in [0.5, 0.6) is 0 Å². The van der Waals surface area contributed by atoms with Crippen LogP contribution in [-0.2, 0) is 11.2 Å². The van der Waals surface area contributed by atoms with Gasteiger partial charge in [-0.3, -0.25) is 0 Å². The van der Waals surface area contributed by atoms with Crippen molar-refractivity contribution in [2.24, 2.45) is 5.41 Å². The number of carbonyl (C=O) groups excluding carboxylic acids is 1. The zero-order chi connectivity index (χ0) is 16.9. The first-order valence-corrected chi connectivity index (χ1v) is 7.77. The fourth-order valence-electron chi connectivity index (χ4n) is 2.09. The van der Waals surface area contributed by atoms with E-state index in [1.165, 1.54) is 6.07 Å². The minimum absolute atomic E-state index is 0.00580. The SMILES string of the molecule is CCCCOC(=O)c1ccc(CC(C)(C)C)c(Cl)c1C(=O)O. The second-order valence-corrected chi connectivity index (χ2v) is 6.87. The Morgan fingerprint density at radius 2 is 1.91 bits per heavy atom. The summed E-state index contributed by atoms with van der Waals surface area (Å²) >= 11 is 6.23. The molecule has 0 heterocycles. The molecule has 5 heteroatoms. The molecule has 0 aliphatic heterocycles. The second-order valence-electron chi connectivity index (χ2n) is 6.49. The van der Waals surface area contributed by atoms with Gasteiger partial charge in [0, 0.05) is 0 Å². The van der Waals surface area contributed by atoms with Crippen LogP contribution in [0.4, 0.5) is 0 Å². The molecule has 0 aromatic heterocycles. The molecule has 122 valence electrons. The summed E-state index contributed by atoms with van der Waals surface area (Å²) in [5, 5.41) is 9.52. The van der Waals surface area contributed by atoms with Crippen LogP contribution in [-0.4, -0.2) is 23.7 Å². The molecule has 4 nitrogen and oxygen atoms in total. The lowest BCUT2D eigenvalue weighted by molar-refractivity contribution is 0.0489. The van der Waals surface area contributed by atoms with Crippen molar-refractivity contribution in [3.05, 3.63) is 33.8 Å². The summed E-state index contributed by atoms with van der Waals surface area (Å²) in [7, 11) is 0. The molecule has 1 rings (SSSR count). The summed E-state index contributed by atoms with van der Waals surface area (Å²) in [4.78, 5) is 23.6. The molecule has 0 aliphatic rings. The van der Waals surface area contributed by atoms with Crippen LogP contribution in [0.3, 0.4) is 0 Å². The minimum atomic E-state index is -1.22. The second kappa shape index (κ2) is 7.63. The molecule has 0 atom stereocenters. The molecule has 22 heavy (non-hydrogen) atoms. The number of halogens is 1. The first kappa shape index (κ1) is 18.5. The van der Waals surface area contributed by atoms with Gasteiger partial charge in [0.2, 0.25) is 0 Å². The first-order chi connectivity index (χ1) is 10.2. The molecule has 1 N–H and O–H groups in total. The third kappa shape index (κ3) is 5.02. The Hall–Kier alpha value is -1.55. The van der Waals surface area contributed by atoms with E-state index in [1.54, 1.807) is 6.07 Å². The molecular formula is C17H23ClO4. The number of benzene rings is 1. The van der Waals surface area contributed by atoms with Gasteiger partial charge in [0.15, 0.2) is 0 Å². The van der Waals surface area contributed by atoms with Gasteiger partial charge in [-0.15, -0.1) is 0 Å². The standard InChI is InChI=1S/C17H23ClO4/c1-5-6-9-22-16(21)12-8-7-11(10-17(2,3)4)14(18)13(12)15(19)20/h7-8H,5-6,9-10H2,1-4H3,(H,19,20). The Morgan fingerprint density at radius 3 is 2.41 bits per heavy atom. The summed E-state index contributed by atoms with van der Waals surface area (Å²) in [6, 6.07) is 3.20. The van der Waals surface area contributed by atoms with E-state index in [4.69, 9.17) is 16.3 Å². The van der Waals surface area contributed by atoms with Gasteiger partial charge in [0.05, 0.1) is 22.8 Å². The first-order valence-electron chi connectivity index (χ1n) is 7.39. The van der Waals surface area contributed by atoms with Crippen LogP contribution in [0.25, 0.3) is 0 Å². The Kier molecular flexibility index (Phi) is 6.42. The van der Waals surface area contributed by atoms with Gasteiger partial charge >= 0.3 is 11.9 Å². The fraction of sp³-hybridized carbons (Fsp3) is 0.529. The summed E-state index contributed by atoms with van der Waals surface area (Å²) < 4.78 is 5.09. The normalized spacial score (nSPS) is 11.3. The third-order valence-corrected chi connectivity index (χ3v) is 3.54. The largest absolute Gasteiger partial charge is 0.478 e. The quantitative estimate of drug-likeness (QED) is 0.613. The van der Waals surface area contributed by atoms with E-state index in [1.807, 2.05) is 27.7 Å². The van der Waals surface area contributed by atoms with Crippen LogP contribution < -0.4 is 0 Å². The molecule has 0 radical (unpaired) electrons. The molecule has 0 amide bonds. The molecule has 1 aromatic carbocycles. The van der Waals surface area contributed by atoms with Gasteiger partial charge in [-0.05, 0) is 29.9 Å². The number of carbonyl (C=O) groups is 2. The number of aromatic carboxylic acids is 1. The predicted octanol–water partition coefficient (Wildman–Crippen LogP) is 4.58. The van der Waals surface area contributed by atoms with Crippen LogP contribution in [0.15, 0.2) is 12.1 Å². The summed E-state index contributed by atoms with van der Waals surface area (Å²) in [6.45, 7) is 8.37. The van der Waals surface area contributed by atoms with Crippen molar-refractivity contribution in [1.82, 2.24) is 0 Å². The summed E-state index contributed by atoms with van der Waals surface area (Å²) in [5.74, 6) is -1.86. The highest BCUT2D eigenvalue weighted by Crippen LogP contribution is 2.30. The van der Waals surface area contributed by atoms with Gasteiger partial charge in [-0.2, -0.15) is 0 Å². The van der Waals surface area contributed by atoms with E-state index in [-0.39, 0.29) is 28.2 Å². The lowest BCUT2D eigenvalue weighted by atomic mass is 9.87. The average molecular weight is 327 g/mol. The highest BCUT2D eigenvalue weighted by Gasteiger charge is 2.25. The number of ether oxygens (including phenoxy) is 1. The van der Waals surface area contributed by atoms with Crippen LogP contribution in [0.2, 0.25) is 5.02 Å². The number of unbranched alkanes of at least 4 members (excludes halogenated alkanes) is 1. The topological polar surface area (TPSA) is 63.6 Å². The van der Waals surface area contributed by atoms with Crippen LogP contribution >= 0.6 is 11.6 Å². The Morgan fingerprint density at radius 1 is 1.27 bits per heavy atom. The number of hydrogen-bond donors (Lipinski definition) is 1. The maximum absolute atomic E-state index is 12.0. The van der Waals surface area contributed by atoms with E-state index < -0.39 is 11.9 Å². The highest BCUT2D eigenvalue weighted by atomic mass is 35.5. The van der Waals surface area contributed by atoms with Crippen molar-refractivity contribution < 1.29 is 19.4 Å². The van der Waals surface area contributed by atoms with E-state index in [9.17, 15) is 14.7 Å². The van der Waals surface area contributed by atoms with Crippen molar-refractivity contribution in [1.29, 1.82) is 0 Å². The van der Waals surface area contributed by atoms with Crippen molar-refractivity contribution in [2.45, 2.75) is 47.0 Å². The molecule has 0 spiro atoms. The van der Waals surface area contributed by atoms with E-state index in [0.717, 1.165) is 18.4 Å². The minimum Gasteiger partial charge on any atom is -0.478 e. The van der Waals surface area contributed by atoms with Crippen molar-refractivity contribution in [3.63, 3.8) is 0 Å². The van der Waals surface area contributed by atoms with Crippen molar-refractivity contribution >= 4 is 23.5 Å². The Bertz CT molecular complexity index is 559. The van der Waals surface area contributed by atoms with Gasteiger partial charge in [0.1, 0.15) is 0 Å². The van der Waals surface area contributed by atoms with Crippen molar-refractivity contribution in [2.75, 3.05) is 6.61 Å².